The summed E-state index contributed by atoms with van der Waals surface area (Å²) in [6.07, 6.45) is 7.00. The zero-order valence-corrected chi connectivity index (χ0v) is 16.5. The van der Waals surface area contributed by atoms with Crippen molar-refractivity contribution in [2.75, 3.05) is 0 Å². The van der Waals surface area contributed by atoms with Crippen LogP contribution in [0.5, 0.6) is 0 Å². The molecule has 0 radical (unpaired) electrons. The summed E-state index contributed by atoms with van der Waals surface area (Å²) in [6, 6.07) is 0. The molecule has 0 atom stereocenters. The molecule has 0 nitrogen and oxygen atoms in total. The van der Waals surface area contributed by atoms with Crippen LogP contribution in [0.1, 0.15) is 12.8 Å². The Bertz CT molecular complexity index is 250. The molecule has 0 heterocycles. The zero-order chi connectivity index (χ0) is 13.0. The maximum atomic E-state index is 3.70. The van der Waals surface area contributed by atoms with Crippen molar-refractivity contribution in [2.45, 2.75) is 52.1 Å². The molecule has 0 unspecified atom stereocenters. The van der Waals surface area contributed by atoms with Gasteiger partial charge < -0.3 is 0 Å². The molecule has 0 aliphatic heterocycles. The van der Waals surface area contributed by atoms with Gasteiger partial charge in [0, 0.05) is 0 Å². The molecule has 0 bridgehead atoms. The first-order valence-electron chi connectivity index (χ1n) is 5.77. The van der Waals surface area contributed by atoms with E-state index in [0.717, 1.165) is 12.8 Å². The second kappa shape index (κ2) is 6.71. The highest BCUT2D eigenvalue weighted by Crippen LogP contribution is 2.23. The molecule has 94 valence electrons. The van der Waals surface area contributed by atoms with E-state index in [4.69, 9.17) is 0 Å². The zero-order valence-electron chi connectivity index (χ0n) is 11.3. The third-order valence-electron chi connectivity index (χ3n) is 2.25. The summed E-state index contributed by atoms with van der Waals surface area (Å²) >= 11 is 7.41. The van der Waals surface area contributed by atoms with Crippen LogP contribution in [-0.4, -0.2) is 16.1 Å². The SMILES string of the molecule is C[Si](C)(C)/C(Br)=C\CC/C=C(/Br)[Si](C)(C)C. The first-order valence-corrected chi connectivity index (χ1v) is 14.4. The van der Waals surface area contributed by atoms with Crippen LogP contribution in [0.4, 0.5) is 0 Å². The normalized spacial score (nSPS) is 15.5. The number of rotatable bonds is 5. The van der Waals surface area contributed by atoms with E-state index in [9.17, 15) is 0 Å². The molecule has 16 heavy (non-hydrogen) atoms. The summed E-state index contributed by atoms with van der Waals surface area (Å²) in [7, 11) is -2.24. The summed E-state index contributed by atoms with van der Waals surface area (Å²) in [5.74, 6) is 0. The second-order valence-electron chi connectivity index (χ2n) is 6.18. The highest BCUT2D eigenvalue weighted by atomic mass is 79.9. The van der Waals surface area contributed by atoms with Gasteiger partial charge in [0.05, 0.1) is 16.1 Å². The number of hydrogen-bond donors (Lipinski definition) is 0. The third kappa shape index (κ3) is 7.25. The molecule has 0 aromatic rings. The predicted molar refractivity (Wildman–Crippen MR) is 89.9 cm³/mol. The molecule has 0 saturated carbocycles. The Hall–Kier alpha value is 0.874. The van der Waals surface area contributed by atoms with Gasteiger partial charge in [-0.2, -0.15) is 0 Å². The van der Waals surface area contributed by atoms with Crippen molar-refractivity contribution in [2.24, 2.45) is 0 Å². The summed E-state index contributed by atoms with van der Waals surface area (Å²) in [4.78, 5) is 0. The minimum Gasteiger partial charge on any atom is -0.0782 e. The monoisotopic (exact) mass is 382 g/mol. The van der Waals surface area contributed by atoms with Gasteiger partial charge in [-0.1, -0.05) is 83.3 Å². The minimum atomic E-state index is -1.12. The Morgan fingerprint density at radius 2 is 1.00 bits per heavy atom. The van der Waals surface area contributed by atoms with Gasteiger partial charge in [-0.3, -0.25) is 0 Å². The summed E-state index contributed by atoms with van der Waals surface area (Å²) in [5.41, 5.74) is 0. The molecule has 0 aromatic heterocycles. The molecule has 0 spiro atoms. The molecule has 0 saturated heterocycles. The number of hydrogen-bond acceptors (Lipinski definition) is 0. The highest BCUT2D eigenvalue weighted by molar-refractivity contribution is 9.12. The maximum absolute atomic E-state index is 3.70. The van der Waals surface area contributed by atoms with E-state index in [2.05, 4.69) is 83.3 Å². The van der Waals surface area contributed by atoms with Crippen LogP contribution in [0.2, 0.25) is 39.3 Å². The molecular formula is C12H24Br2Si2. The lowest BCUT2D eigenvalue weighted by molar-refractivity contribution is 1.05. The van der Waals surface area contributed by atoms with Crippen molar-refractivity contribution in [1.29, 1.82) is 0 Å². The maximum Gasteiger partial charge on any atom is 0.0861 e. The Labute approximate surface area is 120 Å². The van der Waals surface area contributed by atoms with Crippen LogP contribution in [0.15, 0.2) is 20.4 Å². The number of unbranched alkanes of at least 4 members (excludes halogenated alkanes) is 1. The van der Waals surface area contributed by atoms with Crippen molar-refractivity contribution in [1.82, 2.24) is 0 Å². The van der Waals surface area contributed by atoms with Gasteiger partial charge in [-0.25, -0.2) is 0 Å². The fourth-order valence-corrected chi connectivity index (χ4v) is 3.00. The van der Waals surface area contributed by atoms with E-state index < -0.39 is 16.1 Å². The summed E-state index contributed by atoms with van der Waals surface area (Å²) < 4.78 is 2.88. The van der Waals surface area contributed by atoms with Crippen molar-refractivity contribution >= 4 is 48.0 Å². The van der Waals surface area contributed by atoms with Crippen LogP contribution >= 0.6 is 31.9 Å². The Balaban J connectivity index is 4.21. The van der Waals surface area contributed by atoms with Crippen molar-refractivity contribution < 1.29 is 0 Å². The van der Waals surface area contributed by atoms with Crippen LogP contribution in [0.25, 0.3) is 0 Å². The minimum absolute atomic E-state index is 1.12. The van der Waals surface area contributed by atoms with Gasteiger partial charge in [0.2, 0.25) is 0 Å². The van der Waals surface area contributed by atoms with Crippen LogP contribution < -0.4 is 0 Å². The van der Waals surface area contributed by atoms with Crippen LogP contribution in [0, 0.1) is 0 Å². The third-order valence-corrected chi connectivity index (χ3v) is 13.3. The number of halogens is 2. The smallest absolute Gasteiger partial charge is 0.0782 e. The van der Waals surface area contributed by atoms with Crippen molar-refractivity contribution in [3.63, 3.8) is 0 Å². The molecular weight excluding hydrogens is 360 g/mol. The van der Waals surface area contributed by atoms with E-state index in [1.807, 2.05) is 0 Å². The topological polar surface area (TPSA) is 0 Å². The van der Waals surface area contributed by atoms with Crippen LogP contribution in [0.3, 0.4) is 0 Å². The van der Waals surface area contributed by atoms with E-state index in [-0.39, 0.29) is 0 Å². The molecule has 0 rings (SSSR count). The van der Waals surface area contributed by atoms with Gasteiger partial charge in [-0.05, 0) is 21.1 Å². The van der Waals surface area contributed by atoms with E-state index in [1.165, 1.54) is 8.21 Å². The van der Waals surface area contributed by atoms with E-state index in [0.29, 0.717) is 0 Å². The Kier molecular flexibility index (Phi) is 7.08. The lowest BCUT2D eigenvalue weighted by Crippen LogP contribution is -2.20. The fraction of sp³-hybridized carbons (Fsp3) is 0.667. The average Bonchev–Trinajstić information content (AvgIpc) is 2.08. The largest absolute Gasteiger partial charge is 0.0861 e. The van der Waals surface area contributed by atoms with Gasteiger partial charge in [0.1, 0.15) is 0 Å². The summed E-state index contributed by atoms with van der Waals surface area (Å²) in [5, 5.41) is 0. The lowest BCUT2D eigenvalue weighted by atomic mass is 10.3. The molecule has 4 heteroatoms. The number of allylic oxidation sites excluding steroid dienone is 2. The molecule has 0 aromatic carbocycles. The van der Waals surface area contributed by atoms with Gasteiger partial charge in [0.15, 0.2) is 0 Å². The average molecular weight is 384 g/mol. The molecule has 0 fully saturated rings. The summed E-state index contributed by atoms with van der Waals surface area (Å²) in [6.45, 7) is 14.2. The molecule has 0 amide bonds. The van der Waals surface area contributed by atoms with E-state index in [1.54, 1.807) is 0 Å². The molecule has 0 aliphatic rings. The lowest BCUT2D eigenvalue weighted by Gasteiger charge is -2.16. The Morgan fingerprint density at radius 1 is 0.750 bits per heavy atom. The van der Waals surface area contributed by atoms with Gasteiger partial charge in [0.25, 0.3) is 0 Å². The standard InChI is InChI=1S/C12H24Br2Si2/c1-15(2,3)11(13)9-7-8-10-12(14)16(4,5)6/h9-10H,7-8H2,1-6H3/b11-9-,12-10-. The Morgan fingerprint density at radius 3 is 1.19 bits per heavy atom. The van der Waals surface area contributed by atoms with E-state index >= 15 is 0 Å². The first-order chi connectivity index (χ1) is 7.05. The van der Waals surface area contributed by atoms with Crippen LogP contribution in [-0.2, 0) is 0 Å². The predicted octanol–water partition coefficient (Wildman–Crippen LogP) is 6.08. The molecule has 0 aliphatic carbocycles. The van der Waals surface area contributed by atoms with Gasteiger partial charge >= 0.3 is 0 Å². The quantitative estimate of drug-likeness (QED) is 0.398. The fourth-order valence-electron chi connectivity index (χ4n) is 1.03. The van der Waals surface area contributed by atoms with Crippen molar-refractivity contribution in [3.05, 3.63) is 20.4 Å². The van der Waals surface area contributed by atoms with Crippen molar-refractivity contribution in [3.8, 4) is 0 Å². The second-order valence-corrected chi connectivity index (χ2v) is 19.4. The highest BCUT2D eigenvalue weighted by Gasteiger charge is 2.17. The molecule has 0 N–H and O–H groups in total. The van der Waals surface area contributed by atoms with Gasteiger partial charge in [-0.15, -0.1) is 0 Å². The first kappa shape index (κ1) is 16.9.